The van der Waals surface area contributed by atoms with Gasteiger partial charge in [0, 0.05) is 47.0 Å². The molecule has 1 aromatic carbocycles. The molecule has 0 atom stereocenters. The maximum Gasteiger partial charge on any atom is 0.246 e. The van der Waals surface area contributed by atoms with Crippen molar-refractivity contribution in [2.45, 2.75) is 6.42 Å². The number of carbonyl (C=O) groups excluding carboxylic acids is 2. The predicted octanol–water partition coefficient (Wildman–Crippen LogP) is 0.972. The average molecular weight is 569 g/mol. The van der Waals surface area contributed by atoms with E-state index in [1.165, 1.54) is 4.90 Å². The summed E-state index contributed by atoms with van der Waals surface area (Å²) in [6, 6.07) is 7.89. The summed E-state index contributed by atoms with van der Waals surface area (Å²) in [5.74, 6) is 1.25. The Balaban J connectivity index is 0.00000385. The Hall–Kier alpha value is -2.83. The maximum atomic E-state index is 12.8. The van der Waals surface area contributed by atoms with Crippen molar-refractivity contribution in [1.82, 2.24) is 24.9 Å². The third-order valence-electron chi connectivity index (χ3n) is 5.24. The van der Waals surface area contributed by atoms with Gasteiger partial charge in [0.2, 0.25) is 11.8 Å². The van der Waals surface area contributed by atoms with Crippen molar-refractivity contribution in [1.29, 1.82) is 0 Å². The summed E-state index contributed by atoms with van der Waals surface area (Å²) in [6.45, 7) is 1.95. The van der Waals surface area contributed by atoms with E-state index >= 15 is 0 Å². The molecule has 1 aromatic heterocycles. The molecule has 1 fully saturated rings. The van der Waals surface area contributed by atoms with Gasteiger partial charge in [-0.05, 0) is 24.1 Å². The van der Waals surface area contributed by atoms with Gasteiger partial charge in [0.25, 0.3) is 0 Å². The number of amides is 2. The van der Waals surface area contributed by atoms with Crippen LogP contribution in [0.25, 0.3) is 0 Å². The minimum atomic E-state index is -0.0974. The molecule has 10 nitrogen and oxygen atoms in total. The third-order valence-corrected chi connectivity index (χ3v) is 5.24. The first-order chi connectivity index (χ1) is 15.4. The van der Waals surface area contributed by atoms with Crippen LogP contribution in [0.2, 0.25) is 0 Å². The van der Waals surface area contributed by atoms with Crippen LogP contribution >= 0.6 is 24.0 Å². The number of halogens is 1. The van der Waals surface area contributed by atoms with Crippen molar-refractivity contribution in [2.24, 2.45) is 12.0 Å². The van der Waals surface area contributed by atoms with Gasteiger partial charge in [-0.1, -0.05) is 12.1 Å². The first-order valence-corrected chi connectivity index (χ1v) is 10.5. The molecule has 11 heteroatoms. The van der Waals surface area contributed by atoms with Crippen molar-refractivity contribution < 1.29 is 14.3 Å². The van der Waals surface area contributed by atoms with E-state index in [-0.39, 0.29) is 48.9 Å². The van der Waals surface area contributed by atoms with Crippen molar-refractivity contribution in [3.63, 3.8) is 0 Å². The number of guanidine groups is 1. The number of benzene rings is 1. The monoisotopic (exact) mass is 569 g/mol. The Kier molecular flexibility index (Phi) is 9.95. The number of ether oxygens (including phenoxy) is 1. The van der Waals surface area contributed by atoms with Gasteiger partial charge >= 0.3 is 0 Å². The molecule has 2 amide bonds. The molecule has 0 bridgehead atoms. The molecule has 2 heterocycles. The highest BCUT2D eigenvalue weighted by atomic mass is 127. The number of anilines is 1. The molecule has 0 spiro atoms. The number of hydrogen-bond donors (Lipinski definition) is 1. The Morgan fingerprint density at radius 3 is 2.55 bits per heavy atom. The first-order valence-electron chi connectivity index (χ1n) is 10.5. The van der Waals surface area contributed by atoms with E-state index in [9.17, 15) is 9.59 Å². The molecule has 0 unspecified atom stereocenters. The summed E-state index contributed by atoms with van der Waals surface area (Å²) in [5.41, 5.74) is 1.94. The van der Waals surface area contributed by atoms with E-state index in [2.05, 4.69) is 15.4 Å². The van der Waals surface area contributed by atoms with E-state index in [0.717, 1.165) is 23.4 Å². The highest BCUT2D eigenvalue weighted by molar-refractivity contribution is 14.0. The summed E-state index contributed by atoms with van der Waals surface area (Å²) < 4.78 is 6.87. The summed E-state index contributed by atoms with van der Waals surface area (Å²) in [4.78, 5) is 34.5. The number of rotatable bonds is 7. The van der Waals surface area contributed by atoms with E-state index in [4.69, 9.17) is 4.74 Å². The largest absolute Gasteiger partial charge is 0.497 e. The zero-order valence-corrected chi connectivity index (χ0v) is 21.9. The topological polar surface area (TPSA) is 95.3 Å². The molecule has 3 rings (SSSR count). The second-order valence-electron chi connectivity index (χ2n) is 7.79. The number of methoxy groups -OCH3 is 1. The predicted molar refractivity (Wildman–Crippen MR) is 138 cm³/mol. The standard InChI is InChI=1S/C22H31N7O3.HI/c1-26(2)20(30)14-24-22(23-10-9-17-5-7-19(32-4)8-6-17)28-11-12-29(21(31)16-28)18-13-25-27(3)15-18;/h5-8,13,15H,9-12,14,16H2,1-4H3,(H,23,24);1H. The lowest BCUT2D eigenvalue weighted by atomic mass is 10.1. The van der Waals surface area contributed by atoms with Crippen molar-refractivity contribution >= 4 is 47.4 Å². The molecule has 1 aliphatic heterocycles. The molecular weight excluding hydrogens is 537 g/mol. The number of aliphatic imine (C=N–C) groups is 1. The van der Waals surface area contributed by atoms with Crippen molar-refractivity contribution in [2.75, 3.05) is 58.8 Å². The first kappa shape index (κ1) is 26.4. The van der Waals surface area contributed by atoms with Gasteiger partial charge < -0.3 is 24.8 Å². The van der Waals surface area contributed by atoms with Crippen LogP contribution in [-0.2, 0) is 23.1 Å². The fraction of sp³-hybridized carbons (Fsp3) is 0.455. The summed E-state index contributed by atoms with van der Waals surface area (Å²) >= 11 is 0. The second-order valence-corrected chi connectivity index (χ2v) is 7.79. The lowest BCUT2D eigenvalue weighted by Crippen LogP contribution is -2.55. The lowest BCUT2D eigenvalue weighted by Gasteiger charge is -2.35. The van der Waals surface area contributed by atoms with E-state index in [0.29, 0.717) is 25.6 Å². The zero-order valence-electron chi connectivity index (χ0n) is 19.5. The van der Waals surface area contributed by atoms with Crippen LogP contribution < -0.4 is 15.0 Å². The number of nitrogens with one attached hydrogen (secondary N) is 1. The van der Waals surface area contributed by atoms with Crippen LogP contribution in [-0.4, -0.2) is 91.3 Å². The number of likely N-dealkylation sites (N-methyl/N-ethyl adjacent to an activating group) is 1. The van der Waals surface area contributed by atoms with Crippen LogP contribution in [0.5, 0.6) is 5.75 Å². The maximum absolute atomic E-state index is 12.8. The zero-order chi connectivity index (χ0) is 23.1. The number of nitrogens with zero attached hydrogens (tertiary/aromatic N) is 6. The summed E-state index contributed by atoms with van der Waals surface area (Å²) in [7, 11) is 6.86. The molecule has 2 aromatic rings. The van der Waals surface area contributed by atoms with E-state index in [1.54, 1.807) is 37.0 Å². The van der Waals surface area contributed by atoms with Gasteiger partial charge in [-0.2, -0.15) is 5.10 Å². The fourth-order valence-electron chi connectivity index (χ4n) is 3.34. The lowest BCUT2D eigenvalue weighted by molar-refractivity contribution is -0.127. The summed E-state index contributed by atoms with van der Waals surface area (Å²) in [5, 5.41) is 7.48. The van der Waals surface area contributed by atoms with Gasteiger partial charge in [-0.25, -0.2) is 4.99 Å². The third kappa shape index (κ3) is 7.34. The second kappa shape index (κ2) is 12.4. The number of aryl methyl sites for hydroxylation is 1. The van der Waals surface area contributed by atoms with Crippen molar-refractivity contribution in [3.8, 4) is 5.75 Å². The normalized spacial score (nSPS) is 14.1. The van der Waals surface area contributed by atoms with Gasteiger partial charge in [-0.3, -0.25) is 14.3 Å². The minimum absolute atomic E-state index is 0. The molecule has 33 heavy (non-hydrogen) atoms. The molecule has 1 aliphatic rings. The molecule has 0 aliphatic carbocycles. The quantitative estimate of drug-likeness (QED) is 0.304. The minimum Gasteiger partial charge on any atom is -0.497 e. The SMILES string of the molecule is COc1ccc(CCNC(=NCC(=O)N(C)C)N2CCN(c3cnn(C)c3)C(=O)C2)cc1.I. The highest BCUT2D eigenvalue weighted by Gasteiger charge is 2.28. The Bertz CT molecular complexity index is 959. The van der Waals surface area contributed by atoms with Crippen LogP contribution in [0.3, 0.4) is 0 Å². The van der Waals surface area contributed by atoms with Gasteiger partial charge in [0.1, 0.15) is 18.8 Å². The van der Waals surface area contributed by atoms with Crippen LogP contribution in [0.4, 0.5) is 5.69 Å². The molecule has 1 saturated heterocycles. The average Bonchev–Trinajstić information content (AvgIpc) is 3.22. The molecule has 180 valence electrons. The van der Waals surface area contributed by atoms with Crippen LogP contribution in [0.1, 0.15) is 5.56 Å². The van der Waals surface area contributed by atoms with Crippen LogP contribution in [0.15, 0.2) is 41.7 Å². The molecule has 1 N–H and O–H groups in total. The number of aromatic nitrogens is 2. The molecule has 0 radical (unpaired) electrons. The Labute approximate surface area is 211 Å². The number of carbonyl (C=O) groups is 2. The van der Waals surface area contributed by atoms with E-state index in [1.807, 2.05) is 42.4 Å². The van der Waals surface area contributed by atoms with Gasteiger partial charge in [0.05, 0.1) is 19.0 Å². The highest BCUT2D eigenvalue weighted by Crippen LogP contribution is 2.16. The van der Waals surface area contributed by atoms with Gasteiger partial charge in [-0.15, -0.1) is 24.0 Å². The smallest absolute Gasteiger partial charge is 0.246 e. The Morgan fingerprint density at radius 2 is 1.97 bits per heavy atom. The van der Waals surface area contributed by atoms with E-state index < -0.39 is 0 Å². The fourth-order valence-corrected chi connectivity index (χ4v) is 3.34. The van der Waals surface area contributed by atoms with Crippen LogP contribution in [0, 0.1) is 0 Å². The molecule has 0 saturated carbocycles. The van der Waals surface area contributed by atoms with Crippen molar-refractivity contribution in [3.05, 3.63) is 42.2 Å². The Morgan fingerprint density at radius 1 is 1.24 bits per heavy atom. The van der Waals surface area contributed by atoms with Gasteiger partial charge in [0.15, 0.2) is 5.96 Å². The molecular formula is C22H32IN7O3. The number of piperazine rings is 1. The summed E-state index contributed by atoms with van der Waals surface area (Å²) in [6.07, 6.45) is 4.28. The number of hydrogen-bond acceptors (Lipinski definition) is 5.